The van der Waals surface area contributed by atoms with Crippen molar-refractivity contribution in [3.8, 4) is 0 Å². The van der Waals surface area contributed by atoms with Gasteiger partial charge in [0.05, 0.1) is 5.56 Å². The summed E-state index contributed by atoms with van der Waals surface area (Å²) in [4.78, 5) is 11.5. The molecule has 0 N–H and O–H groups in total. The second-order valence-corrected chi connectivity index (χ2v) is 3.23. The monoisotopic (exact) mass is 210 g/mol. The molecule has 1 aromatic carbocycles. The van der Waals surface area contributed by atoms with Crippen molar-refractivity contribution >= 4 is 5.78 Å². The molecule has 0 spiro atoms. The largest absolute Gasteiger partial charge is 0.294 e. The van der Waals surface area contributed by atoms with Crippen molar-refractivity contribution < 1.29 is 13.6 Å². The SMILES string of the molecule is C=CCCCC(=O)c1cc(F)ccc1F. The van der Waals surface area contributed by atoms with E-state index in [1.54, 1.807) is 6.08 Å². The van der Waals surface area contributed by atoms with Gasteiger partial charge in [0.25, 0.3) is 0 Å². The quantitative estimate of drug-likeness (QED) is 0.413. The third-order valence-corrected chi connectivity index (χ3v) is 2.04. The lowest BCUT2D eigenvalue weighted by molar-refractivity contribution is 0.0976. The normalized spacial score (nSPS) is 10.0. The molecule has 0 aliphatic carbocycles. The molecule has 0 saturated heterocycles. The Bertz CT molecular complexity index is 372. The lowest BCUT2D eigenvalue weighted by atomic mass is 10.0. The fourth-order valence-electron chi connectivity index (χ4n) is 1.25. The molecule has 0 atom stereocenters. The Morgan fingerprint density at radius 3 is 2.80 bits per heavy atom. The summed E-state index contributed by atoms with van der Waals surface area (Å²) in [6.45, 7) is 3.52. The van der Waals surface area contributed by atoms with Gasteiger partial charge < -0.3 is 0 Å². The fourth-order valence-corrected chi connectivity index (χ4v) is 1.25. The third-order valence-electron chi connectivity index (χ3n) is 2.04. The minimum atomic E-state index is -0.667. The number of unbranched alkanes of at least 4 members (excludes halogenated alkanes) is 1. The van der Waals surface area contributed by atoms with Crippen LogP contribution in [0.2, 0.25) is 0 Å². The minimum Gasteiger partial charge on any atom is -0.294 e. The molecule has 80 valence electrons. The summed E-state index contributed by atoms with van der Waals surface area (Å²) >= 11 is 0. The highest BCUT2D eigenvalue weighted by Gasteiger charge is 2.11. The van der Waals surface area contributed by atoms with Crippen molar-refractivity contribution in [1.82, 2.24) is 0 Å². The molecule has 0 unspecified atom stereocenters. The number of carbonyl (C=O) groups is 1. The Morgan fingerprint density at radius 1 is 1.40 bits per heavy atom. The van der Waals surface area contributed by atoms with Crippen LogP contribution in [0.4, 0.5) is 8.78 Å². The highest BCUT2D eigenvalue weighted by molar-refractivity contribution is 5.96. The van der Waals surface area contributed by atoms with Crippen molar-refractivity contribution in [2.75, 3.05) is 0 Å². The van der Waals surface area contributed by atoms with Crippen LogP contribution in [-0.2, 0) is 0 Å². The Hall–Kier alpha value is -1.51. The van der Waals surface area contributed by atoms with Gasteiger partial charge in [-0.15, -0.1) is 6.58 Å². The van der Waals surface area contributed by atoms with E-state index in [1.165, 1.54) is 0 Å². The minimum absolute atomic E-state index is 0.168. The van der Waals surface area contributed by atoms with E-state index in [0.29, 0.717) is 12.8 Å². The van der Waals surface area contributed by atoms with E-state index in [1.807, 2.05) is 0 Å². The smallest absolute Gasteiger partial charge is 0.165 e. The van der Waals surface area contributed by atoms with E-state index >= 15 is 0 Å². The highest BCUT2D eigenvalue weighted by atomic mass is 19.1. The highest BCUT2D eigenvalue weighted by Crippen LogP contribution is 2.13. The third kappa shape index (κ3) is 3.27. The first-order valence-corrected chi connectivity index (χ1v) is 4.74. The molecule has 0 aliphatic heterocycles. The van der Waals surface area contributed by atoms with E-state index in [-0.39, 0.29) is 17.8 Å². The van der Waals surface area contributed by atoms with Gasteiger partial charge in [0.15, 0.2) is 5.78 Å². The number of rotatable bonds is 5. The maximum absolute atomic E-state index is 13.1. The summed E-state index contributed by atoms with van der Waals surface area (Å²) in [6, 6.07) is 2.90. The Morgan fingerprint density at radius 2 is 2.13 bits per heavy atom. The molecular weight excluding hydrogens is 198 g/mol. The number of Topliss-reactive ketones (excluding diaryl/α,β-unsaturated/α-hetero) is 1. The summed E-state index contributed by atoms with van der Waals surface area (Å²) in [5, 5.41) is 0. The van der Waals surface area contributed by atoms with E-state index in [4.69, 9.17) is 0 Å². The molecule has 0 saturated carbocycles. The van der Waals surface area contributed by atoms with Gasteiger partial charge in [0.2, 0.25) is 0 Å². The molecular formula is C12H12F2O. The molecule has 1 rings (SSSR count). The van der Waals surface area contributed by atoms with Crippen LogP contribution in [0, 0.1) is 11.6 Å². The number of allylic oxidation sites excluding steroid dienone is 1. The Balaban J connectivity index is 2.72. The molecule has 0 aliphatic rings. The molecule has 0 bridgehead atoms. The van der Waals surface area contributed by atoms with Gasteiger partial charge in [0.1, 0.15) is 11.6 Å². The van der Waals surface area contributed by atoms with Gasteiger partial charge in [-0.25, -0.2) is 8.78 Å². The van der Waals surface area contributed by atoms with Gasteiger partial charge >= 0.3 is 0 Å². The standard InChI is InChI=1S/C12H12F2O/c1-2-3-4-5-12(15)10-8-9(13)6-7-11(10)14/h2,6-8H,1,3-5H2. The molecule has 3 heteroatoms. The topological polar surface area (TPSA) is 17.1 Å². The van der Waals surface area contributed by atoms with Crippen molar-refractivity contribution in [2.24, 2.45) is 0 Å². The van der Waals surface area contributed by atoms with Crippen LogP contribution in [-0.4, -0.2) is 5.78 Å². The average Bonchev–Trinajstić information content (AvgIpc) is 2.22. The number of halogens is 2. The van der Waals surface area contributed by atoms with Crippen LogP contribution in [0.25, 0.3) is 0 Å². The van der Waals surface area contributed by atoms with Crippen LogP contribution in [0.3, 0.4) is 0 Å². The lowest BCUT2D eigenvalue weighted by Crippen LogP contribution is -2.02. The zero-order valence-electron chi connectivity index (χ0n) is 8.30. The Kier molecular flexibility index (Phi) is 4.16. The molecule has 0 aromatic heterocycles. The average molecular weight is 210 g/mol. The number of hydrogen-bond donors (Lipinski definition) is 0. The summed E-state index contributed by atoms with van der Waals surface area (Å²) in [5.74, 6) is -1.63. The van der Waals surface area contributed by atoms with E-state index in [0.717, 1.165) is 18.2 Å². The van der Waals surface area contributed by atoms with Gasteiger partial charge in [0, 0.05) is 6.42 Å². The van der Waals surface area contributed by atoms with Crippen molar-refractivity contribution in [1.29, 1.82) is 0 Å². The van der Waals surface area contributed by atoms with E-state index in [2.05, 4.69) is 6.58 Å². The molecule has 0 radical (unpaired) electrons. The van der Waals surface area contributed by atoms with E-state index < -0.39 is 11.6 Å². The lowest BCUT2D eigenvalue weighted by Gasteiger charge is -2.01. The van der Waals surface area contributed by atoms with Gasteiger partial charge in [-0.2, -0.15) is 0 Å². The van der Waals surface area contributed by atoms with Crippen LogP contribution >= 0.6 is 0 Å². The molecule has 1 aromatic rings. The molecule has 0 amide bonds. The number of hydrogen-bond acceptors (Lipinski definition) is 1. The maximum Gasteiger partial charge on any atom is 0.165 e. The van der Waals surface area contributed by atoms with Gasteiger partial charge in [-0.3, -0.25) is 4.79 Å². The molecule has 15 heavy (non-hydrogen) atoms. The van der Waals surface area contributed by atoms with Crippen molar-refractivity contribution in [3.05, 3.63) is 48.1 Å². The first kappa shape index (κ1) is 11.6. The van der Waals surface area contributed by atoms with Gasteiger partial charge in [-0.05, 0) is 31.0 Å². The first-order chi connectivity index (χ1) is 7.15. The van der Waals surface area contributed by atoms with E-state index in [9.17, 15) is 13.6 Å². The van der Waals surface area contributed by atoms with Crippen LogP contribution in [0.15, 0.2) is 30.9 Å². The summed E-state index contributed by atoms with van der Waals surface area (Å²) < 4.78 is 25.9. The summed E-state index contributed by atoms with van der Waals surface area (Å²) in [6.07, 6.45) is 3.21. The summed E-state index contributed by atoms with van der Waals surface area (Å²) in [7, 11) is 0. The van der Waals surface area contributed by atoms with Crippen LogP contribution in [0.5, 0.6) is 0 Å². The molecule has 1 nitrogen and oxygen atoms in total. The predicted octanol–water partition coefficient (Wildman–Crippen LogP) is 3.50. The molecule has 0 fully saturated rings. The molecule has 0 heterocycles. The number of ketones is 1. The fraction of sp³-hybridized carbons (Fsp3) is 0.250. The zero-order valence-corrected chi connectivity index (χ0v) is 8.30. The summed E-state index contributed by atoms with van der Waals surface area (Å²) in [5.41, 5.74) is -0.168. The van der Waals surface area contributed by atoms with Crippen molar-refractivity contribution in [3.63, 3.8) is 0 Å². The van der Waals surface area contributed by atoms with Crippen LogP contribution < -0.4 is 0 Å². The maximum atomic E-state index is 13.1. The number of benzene rings is 1. The second-order valence-electron chi connectivity index (χ2n) is 3.23. The van der Waals surface area contributed by atoms with Crippen molar-refractivity contribution in [2.45, 2.75) is 19.3 Å². The van der Waals surface area contributed by atoms with Crippen LogP contribution in [0.1, 0.15) is 29.6 Å². The number of carbonyl (C=O) groups excluding carboxylic acids is 1. The zero-order chi connectivity index (χ0) is 11.3. The predicted molar refractivity (Wildman–Crippen MR) is 54.7 cm³/mol. The van der Waals surface area contributed by atoms with Gasteiger partial charge in [-0.1, -0.05) is 6.08 Å². The Labute approximate surface area is 87.4 Å². The first-order valence-electron chi connectivity index (χ1n) is 4.74. The second kappa shape index (κ2) is 5.39.